The van der Waals surface area contributed by atoms with E-state index < -0.39 is 0 Å². The van der Waals surface area contributed by atoms with Crippen LogP contribution in [0.15, 0.2) is 139 Å². The molecule has 2 aliphatic rings. The normalized spacial score (nSPS) is 18.5. The van der Waals surface area contributed by atoms with Gasteiger partial charge in [-0.2, -0.15) is 0 Å². The van der Waals surface area contributed by atoms with Gasteiger partial charge in [0.15, 0.2) is 0 Å². The summed E-state index contributed by atoms with van der Waals surface area (Å²) in [5.74, 6) is 0.914. The summed E-state index contributed by atoms with van der Waals surface area (Å²) in [6.45, 7) is 2.34. The Morgan fingerprint density at radius 3 is 1.92 bits per heavy atom. The fourth-order valence-corrected chi connectivity index (χ4v) is 6.08. The summed E-state index contributed by atoms with van der Waals surface area (Å²) in [5.41, 5.74) is 8.90. The molecule has 4 aromatic carbocycles. The summed E-state index contributed by atoms with van der Waals surface area (Å²) in [7, 11) is 0. The van der Waals surface area contributed by atoms with Crippen LogP contribution >= 0.6 is 0 Å². The van der Waals surface area contributed by atoms with Crippen LogP contribution in [-0.2, 0) is 0 Å². The highest BCUT2D eigenvalue weighted by atomic mass is 14.6. The lowest BCUT2D eigenvalue weighted by atomic mass is 9.76. The van der Waals surface area contributed by atoms with Gasteiger partial charge in [0.25, 0.3) is 0 Å². The number of fused-ring (bicyclic) bond motifs is 3. The quantitative estimate of drug-likeness (QED) is 0.238. The molecule has 2 atom stereocenters. The Kier molecular flexibility index (Phi) is 5.22. The van der Waals surface area contributed by atoms with E-state index >= 15 is 0 Å². The molecule has 1 aromatic heterocycles. The number of allylic oxidation sites excluding steroid dienone is 8. The van der Waals surface area contributed by atoms with E-state index in [1.807, 2.05) is 18.5 Å². The molecule has 1 nitrogen and oxygen atoms in total. The van der Waals surface area contributed by atoms with E-state index in [0.717, 1.165) is 5.56 Å². The number of hydrogen-bond acceptors (Lipinski definition) is 1. The standard InChI is InChI=1S/C36H27N/c1-24-21-29(22-27-9-2-3-11-30(24)27)36-33-14-6-4-12-31(33)35(32-13-5-7-15-34(32)36)26-18-16-25(17-19-26)28-10-8-20-37-23-28/h2-24,30H,1H3. The van der Waals surface area contributed by atoms with Gasteiger partial charge in [-0.25, -0.2) is 0 Å². The summed E-state index contributed by atoms with van der Waals surface area (Å²) < 4.78 is 0. The van der Waals surface area contributed by atoms with Crippen molar-refractivity contribution in [2.45, 2.75) is 6.92 Å². The smallest absolute Gasteiger partial charge is 0.0346 e. The SMILES string of the molecule is CC1C=C(c2c3ccccc3c(-c3ccc(-c4cccnc4)cc3)c3ccccc23)C=C2C=CC=CC21. The summed E-state index contributed by atoms with van der Waals surface area (Å²) in [6.07, 6.45) is 17.6. The maximum absolute atomic E-state index is 4.29. The van der Waals surface area contributed by atoms with Crippen molar-refractivity contribution in [1.82, 2.24) is 4.98 Å². The zero-order valence-corrected chi connectivity index (χ0v) is 20.8. The summed E-state index contributed by atoms with van der Waals surface area (Å²) >= 11 is 0. The van der Waals surface area contributed by atoms with Crippen LogP contribution in [0.4, 0.5) is 0 Å². The predicted molar refractivity (Wildman–Crippen MR) is 157 cm³/mol. The maximum atomic E-state index is 4.29. The molecule has 0 bridgehead atoms. The molecule has 0 saturated carbocycles. The molecule has 1 heterocycles. The van der Waals surface area contributed by atoms with E-state index in [9.17, 15) is 0 Å². The number of hydrogen-bond donors (Lipinski definition) is 0. The highest BCUT2D eigenvalue weighted by Gasteiger charge is 2.25. The highest BCUT2D eigenvalue weighted by molar-refractivity contribution is 6.19. The van der Waals surface area contributed by atoms with Gasteiger partial charge in [-0.05, 0) is 72.5 Å². The van der Waals surface area contributed by atoms with E-state index in [1.54, 1.807) is 0 Å². The van der Waals surface area contributed by atoms with Gasteiger partial charge in [-0.1, -0.05) is 122 Å². The van der Waals surface area contributed by atoms with Crippen LogP contribution in [0.1, 0.15) is 12.5 Å². The molecule has 5 aromatic rings. The Balaban J connectivity index is 1.47. The van der Waals surface area contributed by atoms with Crippen molar-refractivity contribution in [1.29, 1.82) is 0 Å². The average Bonchev–Trinajstić information content (AvgIpc) is 2.96. The number of benzene rings is 4. The molecule has 37 heavy (non-hydrogen) atoms. The van der Waals surface area contributed by atoms with E-state index in [0.29, 0.717) is 11.8 Å². The van der Waals surface area contributed by atoms with E-state index in [2.05, 4.69) is 127 Å². The van der Waals surface area contributed by atoms with Crippen molar-refractivity contribution in [3.8, 4) is 22.3 Å². The molecule has 0 amide bonds. The Labute approximate surface area is 217 Å². The summed E-state index contributed by atoms with van der Waals surface area (Å²) in [4.78, 5) is 4.29. The Morgan fingerprint density at radius 1 is 0.622 bits per heavy atom. The maximum Gasteiger partial charge on any atom is 0.0346 e. The number of nitrogens with zero attached hydrogens (tertiary/aromatic N) is 1. The molecule has 0 N–H and O–H groups in total. The Bertz CT molecular complexity index is 1710. The van der Waals surface area contributed by atoms with Crippen molar-refractivity contribution in [3.63, 3.8) is 0 Å². The van der Waals surface area contributed by atoms with Gasteiger partial charge in [0, 0.05) is 18.3 Å². The van der Waals surface area contributed by atoms with Gasteiger partial charge in [-0.15, -0.1) is 0 Å². The van der Waals surface area contributed by atoms with E-state index in [-0.39, 0.29) is 0 Å². The zero-order valence-electron chi connectivity index (χ0n) is 20.8. The number of rotatable bonds is 3. The first kappa shape index (κ1) is 21.8. The topological polar surface area (TPSA) is 12.9 Å². The van der Waals surface area contributed by atoms with Crippen LogP contribution in [0.2, 0.25) is 0 Å². The Hall–Kier alpha value is -4.49. The summed E-state index contributed by atoms with van der Waals surface area (Å²) in [5, 5.41) is 5.19. The predicted octanol–water partition coefficient (Wildman–Crippen LogP) is 9.42. The molecule has 0 radical (unpaired) electrons. The van der Waals surface area contributed by atoms with Crippen molar-refractivity contribution < 1.29 is 0 Å². The van der Waals surface area contributed by atoms with E-state index in [1.165, 1.54) is 54.9 Å². The molecular formula is C36H27N. The average molecular weight is 474 g/mol. The van der Waals surface area contributed by atoms with Gasteiger partial charge in [-0.3, -0.25) is 4.98 Å². The fourth-order valence-electron chi connectivity index (χ4n) is 6.08. The van der Waals surface area contributed by atoms with Crippen molar-refractivity contribution in [2.75, 3.05) is 0 Å². The third-order valence-corrected chi connectivity index (χ3v) is 7.82. The zero-order chi connectivity index (χ0) is 24.8. The minimum atomic E-state index is 0.452. The lowest BCUT2D eigenvalue weighted by Gasteiger charge is -2.28. The monoisotopic (exact) mass is 473 g/mol. The second-order valence-corrected chi connectivity index (χ2v) is 10.1. The first-order valence-corrected chi connectivity index (χ1v) is 13.0. The van der Waals surface area contributed by atoms with Crippen LogP contribution in [0.25, 0.3) is 49.4 Å². The van der Waals surface area contributed by atoms with Gasteiger partial charge >= 0.3 is 0 Å². The van der Waals surface area contributed by atoms with Gasteiger partial charge < -0.3 is 0 Å². The fraction of sp³-hybridized carbons (Fsp3) is 0.0833. The van der Waals surface area contributed by atoms with Crippen LogP contribution in [0.3, 0.4) is 0 Å². The second kappa shape index (κ2) is 8.87. The molecule has 2 unspecified atom stereocenters. The van der Waals surface area contributed by atoms with Crippen LogP contribution < -0.4 is 0 Å². The minimum absolute atomic E-state index is 0.452. The largest absolute Gasteiger partial charge is 0.264 e. The molecule has 0 saturated heterocycles. The first-order chi connectivity index (χ1) is 18.3. The molecule has 176 valence electrons. The molecule has 1 heteroatoms. The Morgan fingerprint density at radius 2 is 1.27 bits per heavy atom. The van der Waals surface area contributed by atoms with Crippen LogP contribution in [0, 0.1) is 11.8 Å². The van der Waals surface area contributed by atoms with Gasteiger partial charge in [0.05, 0.1) is 0 Å². The molecule has 0 spiro atoms. The highest BCUT2D eigenvalue weighted by Crippen LogP contribution is 2.45. The summed E-state index contributed by atoms with van der Waals surface area (Å²) in [6, 6.07) is 30.8. The molecule has 0 fully saturated rings. The third-order valence-electron chi connectivity index (χ3n) is 7.82. The lowest BCUT2D eigenvalue weighted by molar-refractivity contribution is 0.585. The molecular weight excluding hydrogens is 446 g/mol. The molecule has 2 aliphatic carbocycles. The van der Waals surface area contributed by atoms with Crippen LogP contribution in [-0.4, -0.2) is 4.98 Å². The third kappa shape index (κ3) is 3.67. The minimum Gasteiger partial charge on any atom is -0.264 e. The van der Waals surface area contributed by atoms with Gasteiger partial charge in [0.2, 0.25) is 0 Å². The number of aromatic nitrogens is 1. The van der Waals surface area contributed by atoms with E-state index in [4.69, 9.17) is 0 Å². The lowest BCUT2D eigenvalue weighted by Crippen LogP contribution is -2.15. The van der Waals surface area contributed by atoms with Crippen LogP contribution in [0.5, 0.6) is 0 Å². The first-order valence-electron chi connectivity index (χ1n) is 13.0. The molecule has 7 rings (SSSR count). The second-order valence-electron chi connectivity index (χ2n) is 10.1. The van der Waals surface area contributed by atoms with Crippen molar-refractivity contribution >= 4 is 27.1 Å². The van der Waals surface area contributed by atoms with Crippen molar-refractivity contribution in [2.24, 2.45) is 11.8 Å². The number of pyridine rings is 1. The van der Waals surface area contributed by atoms with Gasteiger partial charge in [0.1, 0.15) is 0 Å². The van der Waals surface area contributed by atoms with Crippen molar-refractivity contribution in [3.05, 3.63) is 145 Å². The molecule has 0 aliphatic heterocycles.